The highest BCUT2D eigenvalue weighted by Crippen LogP contribution is 2.23. The van der Waals surface area contributed by atoms with Gasteiger partial charge in [0.1, 0.15) is 0 Å². The molecule has 0 spiro atoms. The first kappa shape index (κ1) is 29.7. The lowest BCUT2D eigenvalue weighted by Crippen LogP contribution is -2.24. The minimum Gasteiger partial charge on any atom is -0.370 e. The molecule has 0 saturated heterocycles. The fraction of sp³-hybridized carbons (Fsp3) is 0.963. The van der Waals surface area contributed by atoms with E-state index in [1.165, 1.54) is 134 Å². The molecule has 0 atom stereocenters. The SMILES string of the molecule is CCCCCCCCCCCCCCCCC[Si](C)(C)CCCCCCCC(N)=O. The number of unbranched alkanes of at least 4 members (excludes halogenated alkanes) is 18. The van der Waals surface area contributed by atoms with E-state index in [1.54, 1.807) is 0 Å². The zero-order valence-electron chi connectivity index (χ0n) is 21.2. The fourth-order valence-corrected chi connectivity index (χ4v) is 7.20. The molecule has 0 saturated carbocycles. The van der Waals surface area contributed by atoms with Gasteiger partial charge in [0.05, 0.1) is 0 Å². The molecule has 0 aliphatic carbocycles. The Morgan fingerprint density at radius 2 is 0.833 bits per heavy atom. The first-order valence-corrected chi connectivity index (χ1v) is 17.2. The highest BCUT2D eigenvalue weighted by molar-refractivity contribution is 6.77. The second kappa shape index (κ2) is 21.9. The van der Waals surface area contributed by atoms with Crippen LogP contribution in [0.2, 0.25) is 25.2 Å². The lowest BCUT2D eigenvalue weighted by atomic mass is 10.0. The van der Waals surface area contributed by atoms with Crippen LogP contribution in [0.3, 0.4) is 0 Å². The van der Waals surface area contributed by atoms with Gasteiger partial charge in [-0.25, -0.2) is 0 Å². The second-order valence-corrected chi connectivity index (χ2v) is 15.9. The van der Waals surface area contributed by atoms with E-state index in [1.807, 2.05) is 0 Å². The first-order valence-electron chi connectivity index (χ1n) is 13.8. The summed E-state index contributed by atoms with van der Waals surface area (Å²) in [5.74, 6) is -0.146. The number of hydrogen-bond acceptors (Lipinski definition) is 1. The van der Waals surface area contributed by atoms with Gasteiger partial charge in [-0.2, -0.15) is 0 Å². The maximum Gasteiger partial charge on any atom is 0.217 e. The molecule has 180 valence electrons. The smallest absolute Gasteiger partial charge is 0.217 e. The van der Waals surface area contributed by atoms with Gasteiger partial charge in [0, 0.05) is 14.5 Å². The van der Waals surface area contributed by atoms with Crippen molar-refractivity contribution in [3.63, 3.8) is 0 Å². The summed E-state index contributed by atoms with van der Waals surface area (Å²) < 4.78 is 0. The van der Waals surface area contributed by atoms with E-state index in [2.05, 4.69) is 20.0 Å². The lowest BCUT2D eigenvalue weighted by molar-refractivity contribution is -0.118. The van der Waals surface area contributed by atoms with Crippen molar-refractivity contribution >= 4 is 14.0 Å². The predicted molar refractivity (Wildman–Crippen MR) is 139 cm³/mol. The second-order valence-electron chi connectivity index (χ2n) is 10.6. The number of hydrogen-bond donors (Lipinski definition) is 1. The summed E-state index contributed by atoms with van der Waals surface area (Å²) in [6.45, 7) is 7.47. The first-order chi connectivity index (χ1) is 14.5. The molecular formula is C27H57NOSi. The van der Waals surface area contributed by atoms with Gasteiger partial charge < -0.3 is 5.73 Å². The Hall–Kier alpha value is -0.313. The van der Waals surface area contributed by atoms with Gasteiger partial charge in [0.25, 0.3) is 0 Å². The molecule has 0 rings (SSSR count). The summed E-state index contributed by atoms with van der Waals surface area (Å²) in [5.41, 5.74) is 5.19. The minimum atomic E-state index is -0.969. The molecule has 3 heteroatoms. The number of carbonyl (C=O) groups is 1. The van der Waals surface area contributed by atoms with Crippen molar-refractivity contribution in [1.29, 1.82) is 0 Å². The number of primary amides is 1. The van der Waals surface area contributed by atoms with Crippen molar-refractivity contribution in [3.05, 3.63) is 0 Å². The van der Waals surface area contributed by atoms with E-state index in [-0.39, 0.29) is 5.91 Å². The van der Waals surface area contributed by atoms with Gasteiger partial charge in [-0.05, 0) is 6.42 Å². The molecule has 0 bridgehead atoms. The van der Waals surface area contributed by atoms with Crippen LogP contribution < -0.4 is 5.73 Å². The Labute approximate surface area is 191 Å². The number of nitrogens with two attached hydrogens (primary N) is 1. The molecule has 0 aliphatic heterocycles. The molecular weight excluding hydrogens is 382 g/mol. The fourth-order valence-electron chi connectivity index (χ4n) is 4.53. The van der Waals surface area contributed by atoms with Crippen LogP contribution >= 0.6 is 0 Å². The molecule has 0 aromatic rings. The van der Waals surface area contributed by atoms with Crippen molar-refractivity contribution in [2.45, 2.75) is 167 Å². The van der Waals surface area contributed by atoms with Crippen LogP contribution in [-0.2, 0) is 4.79 Å². The monoisotopic (exact) mass is 439 g/mol. The normalized spacial score (nSPS) is 11.8. The minimum absolute atomic E-state index is 0.146. The van der Waals surface area contributed by atoms with E-state index in [0.717, 1.165) is 6.42 Å². The van der Waals surface area contributed by atoms with Gasteiger partial charge in [-0.1, -0.05) is 154 Å². The molecule has 0 aromatic heterocycles. The molecule has 0 radical (unpaired) electrons. The third-order valence-corrected chi connectivity index (χ3v) is 10.1. The quantitative estimate of drug-likeness (QED) is 0.118. The number of rotatable bonds is 24. The van der Waals surface area contributed by atoms with Gasteiger partial charge in [0.2, 0.25) is 5.91 Å². The summed E-state index contributed by atoms with van der Waals surface area (Å²) >= 11 is 0. The van der Waals surface area contributed by atoms with E-state index in [4.69, 9.17) is 5.73 Å². The Bertz CT molecular complexity index is 370. The van der Waals surface area contributed by atoms with Crippen LogP contribution in [0.1, 0.15) is 142 Å². The maximum absolute atomic E-state index is 10.7. The maximum atomic E-state index is 10.7. The Kier molecular flexibility index (Phi) is 21.7. The summed E-state index contributed by atoms with van der Waals surface area (Å²) in [4.78, 5) is 10.7. The van der Waals surface area contributed by atoms with Crippen molar-refractivity contribution in [3.8, 4) is 0 Å². The Morgan fingerprint density at radius 1 is 0.533 bits per heavy atom. The molecule has 1 amide bonds. The van der Waals surface area contributed by atoms with Crippen LogP contribution in [-0.4, -0.2) is 14.0 Å². The van der Waals surface area contributed by atoms with Crippen LogP contribution in [0.15, 0.2) is 0 Å². The van der Waals surface area contributed by atoms with Crippen molar-refractivity contribution in [2.75, 3.05) is 0 Å². The summed E-state index contributed by atoms with van der Waals surface area (Å²) in [6, 6.07) is 3.01. The van der Waals surface area contributed by atoms with Crippen molar-refractivity contribution in [1.82, 2.24) is 0 Å². The lowest BCUT2D eigenvalue weighted by Gasteiger charge is -2.22. The van der Waals surface area contributed by atoms with E-state index in [0.29, 0.717) is 6.42 Å². The molecule has 0 aromatic carbocycles. The largest absolute Gasteiger partial charge is 0.370 e. The van der Waals surface area contributed by atoms with Crippen LogP contribution in [0.25, 0.3) is 0 Å². The van der Waals surface area contributed by atoms with Gasteiger partial charge in [0.15, 0.2) is 0 Å². The topological polar surface area (TPSA) is 43.1 Å². The van der Waals surface area contributed by atoms with Crippen LogP contribution in [0.4, 0.5) is 0 Å². The number of amides is 1. The molecule has 2 nitrogen and oxygen atoms in total. The third kappa shape index (κ3) is 24.0. The van der Waals surface area contributed by atoms with Gasteiger partial charge in [-0.3, -0.25) is 4.79 Å². The van der Waals surface area contributed by atoms with E-state index < -0.39 is 8.07 Å². The average molecular weight is 440 g/mol. The highest BCUT2D eigenvalue weighted by atomic mass is 28.3. The molecule has 30 heavy (non-hydrogen) atoms. The Balaban J connectivity index is 3.29. The predicted octanol–water partition coefficient (Wildman–Crippen LogP) is 9.39. The molecule has 0 heterocycles. The molecule has 0 aliphatic rings. The van der Waals surface area contributed by atoms with Gasteiger partial charge in [-0.15, -0.1) is 0 Å². The standard InChI is InChI=1S/C27H57NOSi/c1-4-5-6-7-8-9-10-11-12-13-14-15-16-19-22-25-30(2,3)26-23-20-17-18-21-24-27(28)29/h4-26H2,1-3H3,(H2,28,29). The molecule has 0 unspecified atom stereocenters. The number of carbonyl (C=O) groups excluding carboxylic acids is 1. The summed E-state index contributed by atoms with van der Waals surface area (Å²) in [6.07, 6.45) is 28.6. The van der Waals surface area contributed by atoms with E-state index in [9.17, 15) is 4.79 Å². The van der Waals surface area contributed by atoms with Crippen LogP contribution in [0.5, 0.6) is 0 Å². The summed E-state index contributed by atoms with van der Waals surface area (Å²) in [5, 5.41) is 0. The van der Waals surface area contributed by atoms with Gasteiger partial charge >= 0.3 is 0 Å². The van der Waals surface area contributed by atoms with Crippen molar-refractivity contribution in [2.24, 2.45) is 5.73 Å². The molecule has 0 fully saturated rings. The molecule has 2 N–H and O–H groups in total. The zero-order chi connectivity index (χ0) is 22.3. The third-order valence-electron chi connectivity index (χ3n) is 6.73. The van der Waals surface area contributed by atoms with Crippen molar-refractivity contribution < 1.29 is 4.79 Å². The highest BCUT2D eigenvalue weighted by Gasteiger charge is 2.18. The zero-order valence-corrected chi connectivity index (χ0v) is 22.2. The summed E-state index contributed by atoms with van der Waals surface area (Å²) in [7, 11) is -0.969. The van der Waals surface area contributed by atoms with E-state index >= 15 is 0 Å². The average Bonchev–Trinajstić information content (AvgIpc) is 2.70. The van der Waals surface area contributed by atoms with Crippen LogP contribution in [0, 0.1) is 0 Å². The Morgan fingerprint density at radius 3 is 1.17 bits per heavy atom.